The first-order chi connectivity index (χ1) is 4.99. The third-order valence-electron chi connectivity index (χ3n) is 1.91. The Kier molecular flexibility index (Phi) is 17.5. The molecule has 86 valence electrons. The van der Waals surface area contributed by atoms with Crippen molar-refractivity contribution in [3.63, 3.8) is 0 Å². The Hall–Kier alpha value is 1.28. The summed E-state index contributed by atoms with van der Waals surface area (Å²) in [7, 11) is -0.904. The first kappa shape index (κ1) is 25.2. The van der Waals surface area contributed by atoms with Gasteiger partial charge in [-0.25, -0.2) is 11.1 Å². The fourth-order valence-electron chi connectivity index (χ4n) is 1.31. The smallest absolute Gasteiger partial charge is 1.00 e. The maximum Gasteiger partial charge on any atom is 4.00 e. The Morgan fingerprint density at radius 2 is 1.67 bits per heavy atom. The molecule has 1 rings (SSSR count). The van der Waals surface area contributed by atoms with Crippen molar-refractivity contribution in [3.05, 3.63) is 23.3 Å². The predicted octanol–water partition coefficient (Wildman–Crippen LogP) is -5.59. The maximum atomic E-state index is 3.35. The van der Waals surface area contributed by atoms with Crippen LogP contribution in [0.2, 0.25) is 25.7 Å². The molecule has 0 saturated heterocycles. The minimum Gasteiger partial charge on any atom is -1.00 e. The van der Waals surface area contributed by atoms with Gasteiger partial charge < -0.3 is 37.2 Å². The van der Waals surface area contributed by atoms with Gasteiger partial charge in [0, 0.05) is 8.07 Å². The van der Waals surface area contributed by atoms with Crippen molar-refractivity contribution in [1.82, 2.24) is 0 Å². The van der Waals surface area contributed by atoms with Gasteiger partial charge in [-0.15, -0.1) is 6.92 Å². The molecule has 0 amide bonds. The first-order valence-electron chi connectivity index (χ1n) is 4.26. The molecule has 0 radical (unpaired) electrons. The molecule has 1 aliphatic rings. The summed E-state index contributed by atoms with van der Waals surface area (Å²) in [6.45, 7) is 9.46. The first-order valence-corrected chi connectivity index (χ1v) is 7.96. The SMILES string of the molecule is CC1=C(C[Si](C)(C)C)[C-]=CC1.[Cl-].[Cl-].[Cl-].[Ti+4]. The van der Waals surface area contributed by atoms with E-state index in [9.17, 15) is 0 Å². The van der Waals surface area contributed by atoms with Crippen molar-refractivity contribution in [2.75, 3.05) is 0 Å². The molecule has 0 aromatic rings. The summed E-state index contributed by atoms with van der Waals surface area (Å²) in [5, 5.41) is 0. The minimum absolute atomic E-state index is 0. The van der Waals surface area contributed by atoms with E-state index in [0.717, 1.165) is 6.42 Å². The molecule has 0 spiro atoms. The van der Waals surface area contributed by atoms with Crippen molar-refractivity contribution in [3.8, 4) is 0 Å². The number of hydrogen-bond donors (Lipinski definition) is 0. The molecular weight excluding hydrogens is 302 g/mol. The predicted molar refractivity (Wildman–Crippen MR) is 53.3 cm³/mol. The van der Waals surface area contributed by atoms with Gasteiger partial charge in [0.2, 0.25) is 0 Å². The van der Waals surface area contributed by atoms with Crippen LogP contribution >= 0.6 is 0 Å². The fraction of sp³-hybridized carbons (Fsp3) is 0.600. The zero-order valence-corrected chi connectivity index (χ0v) is 14.5. The average Bonchev–Trinajstić information content (AvgIpc) is 2.12. The van der Waals surface area contributed by atoms with Crippen molar-refractivity contribution >= 4 is 8.07 Å². The van der Waals surface area contributed by atoms with E-state index >= 15 is 0 Å². The molecule has 15 heavy (non-hydrogen) atoms. The van der Waals surface area contributed by atoms with Gasteiger partial charge in [-0.1, -0.05) is 32.1 Å². The molecule has 1 aliphatic carbocycles. The summed E-state index contributed by atoms with van der Waals surface area (Å²) in [5.41, 5.74) is 3.02. The van der Waals surface area contributed by atoms with E-state index < -0.39 is 8.07 Å². The third kappa shape index (κ3) is 10.2. The van der Waals surface area contributed by atoms with Crippen molar-refractivity contribution in [2.24, 2.45) is 0 Å². The van der Waals surface area contributed by atoms with Gasteiger partial charge in [-0.2, -0.15) is 6.08 Å². The number of halogens is 3. The largest absolute Gasteiger partial charge is 4.00 e. The Bertz CT molecular complexity index is 219. The molecule has 5 heteroatoms. The van der Waals surface area contributed by atoms with Crippen molar-refractivity contribution in [1.29, 1.82) is 0 Å². The Labute approximate surface area is 128 Å². The second-order valence-corrected chi connectivity index (χ2v) is 10.0. The number of rotatable bonds is 2. The van der Waals surface area contributed by atoms with Crippen LogP contribution in [0.1, 0.15) is 13.3 Å². The normalized spacial score (nSPS) is 13.3. The third-order valence-corrected chi connectivity index (χ3v) is 3.32. The van der Waals surface area contributed by atoms with E-state index in [1.807, 2.05) is 0 Å². The maximum absolute atomic E-state index is 3.35. The van der Waals surface area contributed by atoms with E-state index in [-0.39, 0.29) is 58.9 Å². The van der Waals surface area contributed by atoms with E-state index in [1.165, 1.54) is 17.2 Å². The molecule has 0 nitrogen and oxygen atoms in total. The van der Waals surface area contributed by atoms with Crippen LogP contribution < -0.4 is 37.2 Å². The van der Waals surface area contributed by atoms with Gasteiger partial charge in [-0.05, 0) is 0 Å². The van der Waals surface area contributed by atoms with Crippen LogP contribution in [0, 0.1) is 6.08 Å². The molecule has 0 atom stereocenters. The zero-order valence-electron chi connectivity index (χ0n) is 9.63. The Balaban J connectivity index is -0.000000151. The summed E-state index contributed by atoms with van der Waals surface area (Å²) < 4.78 is 0. The molecule has 0 aromatic heterocycles. The van der Waals surface area contributed by atoms with E-state index in [1.54, 1.807) is 0 Å². The monoisotopic (exact) mass is 318 g/mol. The summed E-state index contributed by atoms with van der Waals surface area (Å²) in [6.07, 6.45) is 6.65. The summed E-state index contributed by atoms with van der Waals surface area (Å²) in [5.74, 6) is 0. The van der Waals surface area contributed by atoms with Crippen LogP contribution in [-0.4, -0.2) is 8.07 Å². The van der Waals surface area contributed by atoms with Gasteiger partial charge >= 0.3 is 21.7 Å². The van der Waals surface area contributed by atoms with Crippen LogP contribution in [-0.2, 0) is 21.7 Å². The zero-order chi connectivity index (χ0) is 8.48. The average molecular weight is 320 g/mol. The Morgan fingerprint density at radius 3 is 1.93 bits per heavy atom. The van der Waals surface area contributed by atoms with Crippen LogP contribution in [0.5, 0.6) is 0 Å². The number of allylic oxidation sites excluding steroid dienone is 4. The number of hydrogen-bond acceptors (Lipinski definition) is 0. The van der Waals surface area contributed by atoms with Crippen molar-refractivity contribution < 1.29 is 58.9 Å². The van der Waals surface area contributed by atoms with E-state index in [0.29, 0.717) is 0 Å². The molecule has 0 saturated carbocycles. The van der Waals surface area contributed by atoms with E-state index in [4.69, 9.17) is 0 Å². The van der Waals surface area contributed by atoms with Crippen LogP contribution in [0.3, 0.4) is 0 Å². The van der Waals surface area contributed by atoms with Gasteiger partial charge in [0.15, 0.2) is 0 Å². The molecular formula is C10H17Cl3SiTi. The summed E-state index contributed by atoms with van der Waals surface area (Å²) in [4.78, 5) is 0. The second-order valence-electron chi connectivity index (χ2n) is 4.55. The molecule has 0 unspecified atom stereocenters. The van der Waals surface area contributed by atoms with Crippen LogP contribution in [0.4, 0.5) is 0 Å². The molecule has 0 fully saturated rings. The topological polar surface area (TPSA) is 0 Å². The molecule has 0 N–H and O–H groups in total. The standard InChI is InChI=1S/C10H17Si.3ClH.Ti/c1-9-6-5-7-10(9)8-11(2,3)4;;;;/h5H,6,8H2,1-4H3;3*1H;/q-1;;;;+4/p-3. The van der Waals surface area contributed by atoms with Gasteiger partial charge in [-0.3, -0.25) is 6.08 Å². The minimum atomic E-state index is -0.904. The molecule has 0 bridgehead atoms. The second kappa shape index (κ2) is 10.4. The van der Waals surface area contributed by atoms with Crippen molar-refractivity contribution in [2.45, 2.75) is 39.0 Å². The van der Waals surface area contributed by atoms with Crippen LogP contribution in [0.15, 0.2) is 17.2 Å². The molecule has 0 aliphatic heterocycles. The van der Waals surface area contributed by atoms with E-state index in [2.05, 4.69) is 38.7 Å². The quantitative estimate of drug-likeness (QED) is 0.352. The van der Waals surface area contributed by atoms with Gasteiger partial charge in [0.1, 0.15) is 0 Å². The summed E-state index contributed by atoms with van der Waals surface area (Å²) >= 11 is 0. The fourth-order valence-corrected chi connectivity index (χ4v) is 2.77. The summed E-state index contributed by atoms with van der Waals surface area (Å²) in [6, 6.07) is 1.30. The Morgan fingerprint density at radius 1 is 1.20 bits per heavy atom. The van der Waals surface area contributed by atoms with Gasteiger partial charge in [0.25, 0.3) is 0 Å². The molecule has 0 aromatic carbocycles. The van der Waals surface area contributed by atoms with Gasteiger partial charge in [0.05, 0.1) is 0 Å². The van der Waals surface area contributed by atoms with Crippen LogP contribution in [0.25, 0.3) is 0 Å². The molecule has 0 heterocycles.